The molecule has 4 nitrogen and oxygen atoms in total. The summed E-state index contributed by atoms with van der Waals surface area (Å²) in [5, 5.41) is 0. The highest BCUT2D eigenvalue weighted by atomic mass is 15.3. The Morgan fingerprint density at radius 2 is 1.56 bits per heavy atom. The highest BCUT2D eigenvalue weighted by molar-refractivity contribution is 5.97. The van der Waals surface area contributed by atoms with E-state index in [0.717, 1.165) is 52.1 Å². The molecule has 4 heteroatoms. The van der Waals surface area contributed by atoms with Crippen molar-refractivity contribution in [3.8, 4) is 0 Å². The summed E-state index contributed by atoms with van der Waals surface area (Å²) in [5.41, 5.74) is 5.35. The summed E-state index contributed by atoms with van der Waals surface area (Å²) in [6.45, 7) is 4.81. The van der Waals surface area contributed by atoms with Gasteiger partial charge in [-0.15, -0.1) is 0 Å². The SMILES string of the molecule is C1=CC(CN2C=CC(=CCc3ccccc3)CC2)=NC(CN2C=CN(Cc3ccccc3)C2)C1. The molecule has 2 aromatic carbocycles. The van der Waals surface area contributed by atoms with Crippen molar-refractivity contribution < 1.29 is 0 Å². The Morgan fingerprint density at radius 1 is 0.794 bits per heavy atom. The molecule has 0 bridgehead atoms. The Labute approximate surface area is 203 Å². The van der Waals surface area contributed by atoms with Crippen molar-refractivity contribution >= 4 is 5.71 Å². The molecule has 0 saturated heterocycles. The van der Waals surface area contributed by atoms with Crippen LogP contribution in [0.4, 0.5) is 0 Å². The van der Waals surface area contributed by atoms with Gasteiger partial charge in [-0.1, -0.05) is 72.8 Å². The Hall–Kier alpha value is -3.53. The van der Waals surface area contributed by atoms with Crippen LogP contribution in [0.25, 0.3) is 0 Å². The van der Waals surface area contributed by atoms with Gasteiger partial charge in [0.1, 0.15) is 0 Å². The second-order valence-electron chi connectivity index (χ2n) is 9.36. The normalized spacial score (nSPS) is 20.9. The van der Waals surface area contributed by atoms with Gasteiger partial charge in [-0.05, 0) is 54.3 Å². The summed E-state index contributed by atoms with van der Waals surface area (Å²) in [6.07, 6.45) is 18.9. The highest BCUT2D eigenvalue weighted by Gasteiger charge is 2.19. The van der Waals surface area contributed by atoms with Gasteiger partial charge in [-0.2, -0.15) is 0 Å². The van der Waals surface area contributed by atoms with Crippen LogP contribution in [-0.2, 0) is 13.0 Å². The minimum absolute atomic E-state index is 0.330. The fraction of sp³-hybridized carbons (Fsp3) is 0.300. The van der Waals surface area contributed by atoms with Crippen LogP contribution in [0.2, 0.25) is 0 Å². The van der Waals surface area contributed by atoms with Gasteiger partial charge in [0.25, 0.3) is 0 Å². The molecule has 3 aliphatic heterocycles. The van der Waals surface area contributed by atoms with Crippen LogP contribution in [-0.4, -0.2) is 52.8 Å². The first-order valence-corrected chi connectivity index (χ1v) is 12.4. The molecule has 0 aromatic heterocycles. The first kappa shape index (κ1) is 22.3. The van der Waals surface area contributed by atoms with Gasteiger partial charge >= 0.3 is 0 Å². The van der Waals surface area contributed by atoms with Crippen LogP contribution < -0.4 is 0 Å². The van der Waals surface area contributed by atoms with Crippen molar-refractivity contribution in [1.82, 2.24) is 14.7 Å². The Bertz CT molecular complexity index is 1080. The minimum Gasteiger partial charge on any atom is -0.371 e. The van der Waals surface area contributed by atoms with E-state index in [9.17, 15) is 0 Å². The molecular weight excluding hydrogens is 416 g/mol. The molecule has 2 aromatic rings. The third-order valence-corrected chi connectivity index (χ3v) is 6.59. The van der Waals surface area contributed by atoms with E-state index < -0.39 is 0 Å². The number of hydrogen-bond donors (Lipinski definition) is 0. The van der Waals surface area contributed by atoms with Crippen molar-refractivity contribution in [3.63, 3.8) is 0 Å². The summed E-state index contributed by atoms with van der Waals surface area (Å²) in [7, 11) is 0. The van der Waals surface area contributed by atoms with E-state index in [1.807, 2.05) is 0 Å². The van der Waals surface area contributed by atoms with Crippen LogP contribution in [0.5, 0.6) is 0 Å². The summed E-state index contributed by atoms with van der Waals surface area (Å²) in [4.78, 5) is 12.2. The molecule has 0 amide bonds. The first-order chi connectivity index (χ1) is 16.8. The van der Waals surface area contributed by atoms with Crippen LogP contribution in [0.15, 0.2) is 114 Å². The summed E-state index contributed by atoms with van der Waals surface area (Å²) in [6, 6.07) is 21.7. The second-order valence-corrected chi connectivity index (χ2v) is 9.36. The van der Waals surface area contributed by atoms with Crippen molar-refractivity contribution in [2.75, 3.05) is 26.3 Å². The first-order valence-electron chi connectivity index (χ1n) is 12.4. The summed E-state index contributed by atoms with van der Waals surface area (Å²) < 4.78 is 0. The van der Waals surface area contributed by atoms with Gasteiger partial charge in [-0.3, -0.25) is 4.99 Å². The number of aliphatic imine (C=N–C) groups is 1. The number of benzene rings is 2. The molecule has 1 unspecified atom stereocenters. The molecule has 1 atom stereocenters. The lowest BCUT2D eigenvalue weighted by atomic mass is 10.0. The zero-order chi connectivity index (χ0) is 23.0. The quantitative estimate of drug-likeness (QED) is 0.538. The Kier molecular flexibility index (Phi) is 7.25. The zero-order valence-electron chi connectivity index (χ0n) is 19.8. The van der Waals surface area contributed by atoms with E-state index in [-0.39, 0.29) is 0 Å². The maximum atomic E-state index is 5.09. The van der Waals surface area contributed by atoms with Crippen LogP contribution in [0, 0.1) is 0 Å². The van der Waals surface area contributed by atoms with Gasteiger partial charge in [-0.25, -0.2) is 0 Å². The zero-order valence-corrected chi connectivity index (χ0v) is 19.8. The maximum Gasteiger partial charge on any atom is 0.0898 e. The number of nitrogens with zero attached hydrogens (tertiary/aromatic N) is 4. The molecule has 0 radical (unpaired) electrons. The van der Waals surface area contributed by atoms with Crippen molar-refractivity contribution in [3.05, 3.63) is 120 Å². The van der Waals surface area contributed by atoms with Gasteiger partial charge in [0.15, 0.2) is 0 Å². The lowest BCUT2D eigenvalue weighted by Gasteiger charge is -2.28. The average Bonchev–Trinajstić information content (AvgIpc) is 3.31. The molecule has 5 rings (SSSR count). The van der Waals surface area contributed by atoms with E-state index >= 15 is 0 Å². The van der Waals surface area contributed by atoms with E-state index in [1.165, 1.54) is 22.4 Å². The second kappa shape index (κ2) is 11.1. The fourth-order valence-electron chi connectivity index (χ4n) is 4.73. The topological polar surface area (TPSA) is 22.1 Å². The van der Waals surface area contributed by atoms with Crippen LogP contribution in [0.1, 0.15) is 24.0 Å². The summed E-state index contributed by atoms with van der Waals surface area (Å²) >= 11 is 0. The van der Waals surface area contributed by atoms with Gasteiger partial charge in [0, 0.05) is 32.0 Å². The molecule has 0 N–H and O–H groups in total. The van der Waals surface area contributed by atoms with E-state index in [4.69, 9.17) is 4.99 Å². The molecule has 3 aliphatic rings. The monoisotopic (exact) mass is 450 g/mol. The molecule has 0 spiro atoms. The lowest BCUT2D eigenvalue weighted by Crippen LogP contribution is -2.34. The fourth-order valence-corrected chi connectivity index (χ4v) is 4.73. The predicted octanol–water partition coefficient (Wildman–Crippen LogP) is 5.39. The third-order valence-electron chi connectivity index (χ3n) is 6.59. The average molecular weight is 451 g/mol. The van der Waals surface area contributed by atoms with Crippen molar-refractivity contribution in [2.45, 2.75) is 31.8 Å². The number of hydrogen-bond acceptors (Lipinski definition) is 4. The highest BCUT2D eigenvalue weighted by Crippen LogP contribution is 2.18. The van der Waals surface area contributed by atoms with Crippen molar-refractivity contribution in [1.29, 1.82) is 0 Å². The number of dihydropyridines is 1. The van der Waals surface area contributed by atoms with E-state index in [0.29, 0.717) is 6.04 Å². The minimum atomic E-state index is 0.330. The molecule has 0 aliphatic carbocycles. The van der Waals surface area contributed by atoms with Gasteiger partial charge in [0.05, 0.1) is 25.0 Å². The lowest BCUT2D eigenvalue weighted by molar-refractivity contribution is 0.250. The Morgan fingerprint density at radius 3 is 2.32 bits per heavy atom. The van der Waals surface area contributed by atoms with Crippen molar-refractivity contribution in [2.24, 2.45) is 4.99 Å². The summed E-state index contributed by atoms with van der Waals surface area (Å²) in [5.74, 6) is 0. The van der Waals surface area contributed by atoms with Gasteiger partial charge in [0.2, 0.25) is 0 Å². The maximum absolute atomic E-state index is 5.09. The van der Waals surface area contributed by atoms with Crippen LogP contribution >= 0.6 is 0 Å². The van der Waals surface area contributed by atoms with E-state index in [1.54, 1.807) is 0 Å². The number of rotatable bonds is 8. The Balaban J connectivity index is 1.09. The smallest absolute Gasteiger partial charge is 0.0898 e. The van der Waals surface area contributed by atoms with E-state index in [2.05, 4.69) is 118 Å². The molecule has 174 valence electrons. The largest absolute Gasteiger partial charge is 0.371 e. The molecule has 0 saturated carbocycles. The molecular formula is C30H34N4. The molecule has 34 heavy (non-hydrogen) atoms. The van der Waals surface area contributed by atoms with Gasteiger partial charge < -0.3 is 14.7 Å². The molecule has 3 heterocycles. The number of allylic oxidation sites excluding steroid dienone is 2. The standard InChI is InChI=1S/C30H34N4/c1-3-8-26(9-4-1)14-15-27-16-18-32(19-17-27)23-29-12-7-13-30(31-29)24-34-21-20-33(25-34)22-28-10-5-2-6-11-28/h1-12,15-16,18,20-21,30H,13-14,17,19,22-25H2. The third kappa shape index (κ3) is 6.28. The van der Waals surface area contributed by atoms with Crippen LogP contribution in [0.3, 0.4) is 0 Å². The predicted molar refractivity (Wildman–Crippen MR) is 141 cm³/mol. The molecule has 0 fully saturated rings.